The second kappa shape index (κ2) is 8.87. The van der Waals surface area contributed by atoms with Gasteiger partial charge in [0.05, 0.1) is 27.7 Å². The molecule has 3 aromatic carbocycles. The third kappa shape index (κ3) is 4.92. The molecule has 0 saturated heterocycles. The van der Waals surface area contributed by atoms with E-state index in [1.54, 1.807) is 54.6 Å². The van der Waals surface area contributed by atoms with Crippen molar-refractivity contribution in [2.45, 2.75) is 11.3 Å². The van der Waals surface area contributed by atoms with Crippen LogP contribution in [0.3, 0.4) is 0 Å². The summed E-state index contributed by atoms with van der Waals surface area (Å²) in [6, 6.07) is 18.0. The van der Waals surface area contributed by atoms with Gasteiger partial charge in [0.25, 0.3) is 10.0 Å². The molecule has 1 amide bonds. The molecule has 0 bridgehead atoms. The van der Waals surface area contributed by atoms with Crippen molar-refractivity contribution in [3.8, 4) is 11.5 Å². The maximum atomic E-state index is 12.6. The minimum atomic E-state index is -3.80. The number of fused-ring (bicyclic) bond motifs is 1. The summed E-state index contributed by atoms with van der Waals surface area (Å²) >= 11 is 6.23. The summed E-state index contributed by atoms with van der Waals surface area (Å²) in [6.45, 7) is 0.830. The Morgan fingerprint density at radius 3 is 2.39 bits per heavy atom. The van der Waals surface area contributed by atoms with Crippen LogP contribution in [0.25, 0.3) is 0 Å². The van der Waals surface area contributed by atoms with Crippen LogP contribution in [-0.4, -0.2) is 27.5 Å². The van der Waals surface area contributed by atoms with Gasteiger partial charge < -0.3 is 14.8 Å². The third-order valence-corrected chi connectivity index (χ3v) is 6.18. The van der Waals surface area contributed by atoms with Crippen molar-refractivity contribution in [3.05, 3.63) is 77.3 Å². The Morgan fingerprint density at radius 2 is 1.61 bits per heavy atom. The molecule has 0 unspecified atom stereocenters. The van der Waals surface area contributed by atoms with E-state index >= 15 is 0 Å². The lowest BCUT2D eigenvalue weighted by Crippen LogP contribution is -2.19. The molecule has 31 heavy (non-hydrogen) atoms. The summed E-state index contributed by atoms with van der Waals surface area (Å²) in [5.41, 5.74) is 1.25. The van der Waals surface area contributed by atoms with Gasteiger partial charge in [-0.3, -0.25) is 9.52 Å². The predicted molar refractivity (Wildman–Crippen MR) is 118 cm³/mol. The number of rotatable bonds is 6. The fourth-order valence-electron chi connectivity index (χ4n) is 3.13. The van der Waals surface area contributed by atoms with E-state index in [0.29, 0.717) is 41.0 Å². The summed E-state index contributed by atoms with van der Waals surface area (Å²) in [4.78, 5) is 12.8. The standard InChI is InChI=1S/C22H19ClN2O5S/c23-17-12-15(13-20-22(17)30-11-10-29-20)14-21(26)24-18-8-4-5-9-19(18)25-31(27,28)16-6-2-1-3-7-16/h1-9,12-13,25H,10-11,14H2,(H,24,26). The van der Waals surface area contributed by atoms with Crippen molar-refractivity contribution in [2.75, 3.05) is 23.3 Å². The van der Waals surface area contributed by atoms with Crippen LogP contribution in [0.1, 0.15) is 5.56 Å². The van der Waals surface area contributed by atoms with E-state index in [4.69, 9.17) is 21.1 Å². The first kappa shape index (κ1) is 21.0. The Morgan fingerprint density at radius 1 is 0.935 bits per heavy atom. The van der Waals surface area contributed by atoms with E-state index < -0.39 is 10.0 Å². The molecule has 1 aliphatic heterocycles. The number of anilines is 2. The Hall–Kier alpha value is -3.23. The van der Waals surface area contributed by atoms with Crippen LogP contribution >= 0.6 is 11.6 Å². The van der Waals surface area contributed by atoms with Crippen molar-refractivity contribution >= 4 is 38.9 Å². The molecular weight excluding hydrogens is 440 g/mol. The number of ether oxygens (including phenoxy) is 2. The van der Waals surface area contributed by atoms with E-state index in [2.05, 4.69) is 10.0 Å². The maximum Gasteiger partial charge on any atom is 0.261 e. The number of carbonyl (C=O) groups is 1. The van der Waals surface area contributed by atoms with Crippen molar-refractivity contribution < 1.29 is 22.7 Å². The molecule has 0 spiro atoms. The van der Waals surface area contributed by atoms with Gasteiger partial charge in [0.1, 0.15) is 13.2 Å². The molecule has 9 heteroatoms. The fourth-order valence-corrected chi connectivity index (χ4v) is 4.52. The van der Waals surface area contributed by atoms with Crippen LogP contribution in [0, 0.1) is 0 Å². The topological polar surface area (TPSA) is 93.7 Å². The molecule has 0 aromatic heterocycles. The second-order valence-electron chi connectivity index (χ2n) is 6.79. The van der Waals surface area contributed by atoms with Gasteiger partial charge in [-0.15, -0.1) is 0 Å². The molecule has 3 aromatic rings. The molecule has 4 rings (SSSR count). The Labute approximate surface area is 185 Å². The van der Waals surface area contributed by atoms with Crippen LogP contribution in [0.15, 0.2) is 71.6 Å². The summed E-state index contributed by atoms with van der Waals surface area (Å²) in [6.07, 6.45) is 0.0239. The number of nitrogens with one attached hydrogen (secondary N) is 2. The summed E-state index contributed by atoms with van der Waals surface area (Å²) < 4.78 is 38.8. The molecule has 2 N–H and O–H groups in total. The van der Waals surface area contributed by atoms with Gasteiger partial charge in [0, 0.05) is 0 Å². The zero-order valence-electron chi connectivity index (χ0n) is 16.3. The van der Waals surface area contributed by atoms with Crippen LogP contribution in [0.4, 0.5) is 11.4 Å². The van der Waals surface area contributed by atoms with Crippen molar-refractivity contribution in [2.24, 2.45) is 0 Å². The van der Waals surface area contributed by atoms with Crippen LogP contribution < -0.4 is 19.5 Å². The van der Waals surface area contributed by atoms with Gasteiger partial charge in [-0.05, 0) is 42.0 Å². The van der Waals surface area contributed by atoms with Gasteiger partial charge in [-0.25, -0.2) is 8.42 Å². The van der Waals surface area contributed by atoms with Gasteiger partial charge in [-0.1, -0.05) is 41.9 Å². The summed E-state index contributed by atoms with van der Waals surface area (Å²) in [5.74, 6) is 0.634. The first-order valence-corrected chi connectivity index (χ1v) is 11.3. The number of halogens is 1. The van der Waals surface area contributed by atoms with Crippen LogP contribution in [0.5, 0.6) is 11.5 Å². The molecule has 1 heterocycles. The summed E-state index contributed by atoms with van der Waals surface area (Å²) in [7, 11) is -3.80. The SMILES string of the molecule is O=C(Cc1cc(Cl)c2c(c1)OCCO2)Nc1ccccc1NS(=O)(=O)c1ccccc1. The lowest BCUT2D eigenvalue weighted by molar-refractivity contribution is -0.115. The highest BCUT2D eigenvalue weighted by molar-refractivity contribution is 7.92. The fraction of sp³-hybridized carbons (Fsp3) is 0.136. The van der Waals surface area contributed by atoms with E-state index in [1.165, 1.54) is 12.1 Å². The van der Waals surface area contributed by atoms with Crippen LogP contribution in [-0.2, 0) is 21.2 Å². The van der Waals surface area contributed by atoms with Gasteiger partial charge in [-0.2, -0.15) is 0 Å². The number of sulfonamides is 1. The minimum Gasteiger partial charge on any atom is -0.486 e. The Balaban J connectivity index is 1.50. The lowest BCUT2D eigenvalue weighted by atomic mass is 10.1. The molecule has 1 aliphatic rings. The number of amides is 1. The molecule has 0 radical (unpaired) electrons. The van der Waals surface area contributed by atoms with E-state index in [0.717, 1.165) is 0 Å². The van der Waals surface area contributed by atoms with Crippen LogP contribution in [0.2, 0.25) is 5.02 Å². The van der Waals surface area contributed by atoms with Gasteiger partial charge in [0.15, 0.2) is 11.5 Å². The zero-order valence-corrected chi connectivity index (χ0v) is 17.9. The molecule has 7 nitrogen and oxygen atoms in total. The van der Waals surface area contributed by atoms with Crippen molar-refractivity contribution in [3.63, 3.8) is 0 Å². The molecule has 0 atom stereocenters. The minimum absolute atomic E-state index is 0.0239. The quantitative estimate of drug-likeness (QED) is 0.580. The Bertz CT molecular complexity index is 1220. The normalized spacial score (nSPS) is 12.8. The smallest absolute Gasteiger partial charge is 0.261 e. The number of carbonyl (C=O) groups excluding carboxylic acids is 1. The summed E-state index contributed by atoms with van der Waals surface area (Å²) in [5, 5.41) is 3.12. The van der Waals surface area contributed by atoms with E-state index in [-0.39, 0.29) is 22.9 Å². The van der Waals surface area contributed by atoms with E-state index in [1.807, 2.05) is 0 Å². The monoisotopic (exact) mass is 458 g/mol. The number of para-hydroxylation sites is 2. The highest BCUT2D eigenvalue weighted by Crippen LogP contribution is 2.38. The van der Waals surface area contributed by atoms with Gasteiger partial charge >= 0.3 is 0 Å². The molecule has 0 saturated carbocycles. The molecule has 0 fully saturated rings. The first-order valence-electron chi connectivity index (χ1n) is 9.47. The lowest BCUT2D eigenvalue weighted by Gasteiger charge is -2.20. The molecular formula is C22H19ClN2O5S. The molecule has 0 aliphatic carbocycles. The average molecular weight is 459 g/mol. The number of hydrogen-bond acceptors (Lipinski definition) is 5. The average Bonchev–Trinajstić information content (AvgIpc) is 2.75. The number of hydrogen-bond donors (Lipinski definition) is 2. The zero-order chi connectivity index (χ0) is 21.8. The van der Waals surface area contributed by atoms with Crippen molar-refractivity contribution in [1.82, 2.24) is 0 Å². The first-order chi connectivity index (χ1) is 14.9. The van der Waals surface area contributed by atoms with E-state index in [9.17, 15) is 13.2 Å². The third-order valence-electron chi connectivity index (χ3n) is 4.52. The molecule has 160 valence electrons. The maximum absolute atomic E-state index is 12.6. The Kier molecular flexibility index (Phi) is 6.01. The predicted octanol–water partition coefficient (Wildman–Crippen LogP) is 4.09. The highest BCUT2D eigenvalue weighted by Gasteiger charge is 2.19. The highest BCUT2D eigenvalue weighted by atomic mass is 35.5. The van der Waals surface area contributed by atoms with Gasteiger partial charge in [0.2, 0.25) is 5.91 Å². The number of benzene rings is 3. The largest absolute Gasteiger partial charge is 0.486 e. The van der Waals surface area contributed by atoms with Crippen molar-refractivity contribution in [1.29, 1.82) is 0 Å². The second-order valence-corrected chi connectivity index (χ2v) is 8.88.